The number of amides is 1. The number of anilines is 2. The monoisotopic (exact) mass is 280 g/mol. The van der Waals surface area contributed by atoms with E-state index in [0.29, 0.717) is 6.42 Å². The Kier molecular flexibility index (Phi) is 5.04. The summed E-state index contributed by atoms with van der Waals surface area (Å²) in [5, 5.41) is 6.24. The van der Waals surface area contributed by atoms with Crippen LogP contribution in [0.25, 0.3) is 0 Å². The zero-order valence-corrected chi connectivity index (χ0v) is 12.2. The minimum atomic E-state index is 0.0411. The third-order valence-corrected chi connectivity index (χ3v) is 4.05. The number of nitrogens with zero attached hydrogens (tertiary/aromatic N) is 2. The second-order valence-corrected chi connectivity index (χ2v) is 5.93. The molecule has 6 heteroatoms. The molecule has 2 N–H and O–H groups in total. The Morgan fingerprint density at radius 2 is 2.42 bits per heavy atom. The van der Waals surface area contributed by atoms with Crippen LogP contribution >= 0.6 is 11.8 Å². The molecule has 0 aromatic carbocycles. The van der Waals surface area contributed by atoms with Crippen molar-refractivity contribution in [3.63, 3.8) is 0 Å². The van der Waals surface area contributed by atoms with E-state index in [1.807, 2.05) is 42.9 Å². The molecule has 0 bridgehead atoms. The second-order valence-electron chi connectivity index (χ2n) is 4.78. The predicted octanol–water partition coefficient (Wildman–Crippen LogP) is 1.18. The number of rotatable bonds is 4. The van der Waals surface area contributed by atoms with E-state index in [-0.39, 0.29) is 11.9 Å². The summed E-state index contributed by atoms with van der Waals surface area (Å²) in [6, 6.07) is 4.06. The largest absolute Gasteiger partial charge is 0.363 e. The van der Waals surface area contributed by atoms with Crippen molar-refractivity contribution in [3.05, 3.63) is 18.3 Å². The molecule has 1 aliphatic rings. The van der Waals surface area contributed by atoms with Gasteiger partial charge >= 0.3 is 0 Å². The van der Waals surface area contributed by atoms with Gasteiger partial charge in [-0.3, -0.25) is 4.79 Å². The molecule has 1 unspecified atom stereocenters. The molecule has 1 aromatic rings. The summed E-state index contributed by atoms with van der Waals surface area (Å²) in [5.41, 5.74) is 0.749. The lowest BCUT2D eigenvalue weighted by atomic mass is 10.2. The maximum atomic E-state index is 11.9. The molecule has 0 saturated carbocycles. The SMILES string of the molecule is CN(C)c1ccc(NC(=O)CC2CSCCN2)cn1. The summed E-state index contributed by atoms with van der Waals surface area (Å²) in [6.07, 6.45) is 2.21. The average molecular weight is 280 g/mol. The first-order chi connectivity index (χ1) is 9.15. The van der Waals surface area contributed by atoms with Crippen molar-refractivity contribution in [2.75, 3.05) is 42.4 Å². The van der Waals surface area contributed by atoms with Gasteiger partial charge in [0, 0.05) is 44.6 Å². The summed E-state index contributed by atoms with van der Waals surface area (Å²) in [4.78, 5) is 18.1. The Labute approximate surface area is 118 Å². The van der Waals surface area contributed by atoms with E-state index < -0.39 is 0 Å². The van der Waals surface area contributed by atoms with Gasteiger partial charge in [-0.1, -0.05) is 0 Å². The van der Waals surface area contributed by atoms with Crippen molar-refractivity contribution in [3.8, 4) is 0 Å². The van der Waals surface area contributed by atoms with Crippen LogP contribution in [-0.2, 0) is 4.79 Å². The number of pyridine rings is 1. The summed E-state index contributed by atoms with van der Waals surface area (Å²) >= 11 is 1.90. The van der Waals surface area contributed by atoms with Crippen LogP contribution in [0.2, 0.25) is 0 Å². The zero-order chi connectivity index (χ0) is 13.7. The Bertz CT molecular complexity index is 415. The molecule has 2 heterocycles. The molecule has 1 fully saturated rings. The third-order valence-electron chi connectivity index (χ3n) is 2.92. The maximum Gasteiger partial charge on any atom is 0.226 e. The van der Waals surface area contributed by atoms with Crippen LogP contribution in [0.15, 0.2) is 18.3 Å². The highest BCUT2D eigenvalue weighted by Gasteiger charge is 2.16. The van der Waals surface area contributed by atoms with Crippen molar-refractivity contribution in [2.24, 2.45) is 0 Å². The topological polar surface area (TPSA) is 57.3 Å². The van der Waals surface area contributed by atoms with Gasteiger partial charge in [0.05, 0.1) is 11.9 Å². The first kappa shape index (κ1) is 14.1. The van der Waals surface area contributed by atoms with E-state index in [1.165, 1.54) is 0 Å². The van der Waals surface area contributed by atoms with Gasteiger partial charge in [-0.05, 0) is 12.1 Å². The standard InChI is InChI=1S/C13H20N4OS/c1-17(2)12-4-3-10(8-15-12)16-13(18)7-11-9-19-6-5-14-11/h3-4,8,11,14H,5-7,9H2,1-2H3,(H,16,18). The van der Waals surface area contributed by atoms with Gasteiger partial charge in [0.15, 0.2) is 0 Å². The second kappa shape index (κ2) is 6.77. The van der Waals surface area contributed by atoms with E-state index in [0.717, 1.165) is 29.6 Å². The molecule has 2 rings (SSSR count). The van der Waals surface area contributed by atoms with Crippen molar-refractivity contribution in [2.45, 2.75) is 12.5 Å². The Balaban J connectivity index is 1.84. The van der Waals surface area contributed by atoms with Gasteiger partial charge in [-0.25, -0.2) is 4.98 Å². The fourth-order valence-electron chi connectivity index (χ4n) is 1.91. The molecule has 19 heavy (non-hydrogen) atoms. The number of thioether (sulfide) groups is 1. The van der Waals surface area contributed by atoms with Crippen LogP contribution in [-0.4, -0.2) is 49.1 Å². The van der Waals surface area contributed by atoms with E-state index >= 15 is 0 Å². The van der Waals surface area contributed by atoms with Crippen LogP contribution in [0.4, 0.5) is 11.5 Å². The first-order valence-electron chi connectivity index (χ1n) is 6.39. The number of hydrogen-bond acceptors (Lipinski definition) is 5. The number of carbonyl (C=O) groups is 1. The molecule has 0 radical (unpaired) electrons. The Hall–Kier alpha value is -1.27. The lowest BCUT2D eigenvalue weighted by molar-refractivity contribution is -0.116. The van der Waals surface area contributed by atoms with Crippen molar-refractivity contribution < 1.29 is 4.79 Å². The average Bonchev–Trinajstić information content (AvgIpc) is 2.40. The molecule has 1 saturated heterocycles. The molecule has 1 aliphatic heterocycles. The fraction of sp³-hybridized carbons (Fsp3) is 0.538. The molecule has 5 nitrogen and oxygen atoms in total. The summed E-state index contributed by atoms with van der Waals surface area (Å²) in [7, 11) is 3.87. The van der Waals surface area contributed by atoms with Gasteiger partial charge in [0.25, 0.3) is 0 Å². The molecule has 0 spiro atoms. The highest BCUT2D eigenvalue weighted by Crippen LogP contribution is 2.14. The number of nitrogens with one attached hydrogen (secondary N) is 2. The number of aromatic nitrogens is 1. The minimum absolute atomic E-state index is 0.0411. The van der Waals surface area contributed by atoms with Gasteiger partial charge in [-0.15, -0.1) is 0 Å². The van der Waals surface area contributed by atoms with Gasteiger partial charge < -0.3 is 15.5 Å². The highest BCUT2D eigenvalue weighted by atomic mass is 32.2. The minimum Gasteiger partial charge on any atom is -0.363 e. The van der Waals surface area contributed by atoms with Gasteiger partial charge in [0.2, 0.25) is 5.91 Å². The van der Waals surface area contributed by atoms with Crippen LogP contribution in [0.5, 0.6) is 0 Å². The van der Waals surface area contributed by atoms with Gasteiger partial charge in [-0.2, -0.15) is 11.8 Å². The lowest BCUT2D eigenvalue weighted by Crippen LogP contribution is -2.39. The highest BCUT2D eigenvalue weighted by molar-refractivity contribution is 7.99. The van der Waals surface area contributed by atoms with E-state index in [9.17, 15) is 4.79 Å². The molecule has 1 aromatic heterocycles. The van der Waals surface area contributed by atoms with E-state index in [1.54, 1.807) is 6.20 Å². The fourth-order valence-corrected chi connectivity index (χ4v) is 2.86. The van der Waals surface area contributed by atoms with Crippen LogP contribution in [0.1, 0.15) is 6.42 Å². The number of carbonyl (C=O) groups excluding carboxylic acids is 1. The zero-order valence-electron chi connectivity index (χ0n) is 11.3. The summed E-state index contributed by atoms with van der Waals surface area (Å²) < 4.78 is 0. The maximum absolute atomic E-state index is 11.9. The molecule has 1 amide bonds. The van der Waals surface area contributed by atoms with Crippen LogP contribution in [0, 0.1) is 0 Å². The van der Waals surface area contributed by atoms with E-state index in [4.69, 9.17) is 0 Å². The van der Waals surface area contributed by atoms with Crippen molar-refractivity contribution >= 4 is 29.2 Å². The van der Waals surface area contributed by atoms with Crippen LogP contribution in [0.3, 0.4) is 0 Å². The van der Waals surface area contributed by atoms with Crippen molar-refractivity contribution in [1.82, 2.24) is 10.3 Å². The summed E-state index contributed by atoms with van der Waals surface area (Å²) in [5.74, 6) is 3.06. The molecule has 0 aliphatic carbocycles. The quantitative estimate of drug-likeness (QED) is 0.867. The van der Waals surface area contributed by atoms with Gasteiger partial charge in [0.1, 0.15) is 5.82 Å². The molecule has 1 atom stereocenters. The molecular formula is C13H20N4OS. The smallest absolute Gasteiger partial charge is 0.226 e. The predicted molar refractivity (Wildman–Crippen MR) is 80.9 cm³/mol. The van der Waals surface area contributed by atoms with Crippen LogP contribution < -0.4 is 15.5 Å². The van der Waals surface area contributed by atoms with E-state index in [2.05, 4.69) is 15.6 Å². The molecular weight excluding hydrogens is 260 g/mol. The van der Waals surface area contributed by atoms with Crippen molar-refractivity contribution in [1.29, 1.82) is 0 Å². The first-order valence-corrected chi connectivity index (χ1v) is 7.55. The third kappa shape index (κ3) is 4.40. The summed E-state index contributed by atoms with van der Waals surface area (Å²) in [6.45, 7) is 0.988. The number of hydrogen-bond donors (Lipinski definition) is 2. The normalized spacial score (nSPS) is 18.9. The Morgan fingerprint density at radius 1 is 1.58 bits per heavy atom. The Morgan fingerprint density at radius 3 is 3.00 bits per heavy atom. The molecule has 104 valence electrons. The lowest BCUT2D eigenvalue weighted by Gasteiger charge is -2.22.